The Bertz CT molecular complexity index is 513. The van der Waals surface area contributed by atoms with Crippen LogP contribution in [0.1, 0.15) is 43.7 Å². The number of amides is 1. The molecule has 1 heterocycles. The Balaban J connectivity index is 2.93. The van der Waals surface area contributed by atoms with Gasteiger partial charge in [-0.1, -0.05) is 6.92 Å². The second-order valence-corrected chi connectivity index (χ2v) is 4.77. The topological polar surface area (TPSA) is 82.5 Å². The molecule has 1 atom stereocenters. The first-order chi connectivity index (χ1) is 9.92. The summed E-state index contributed by atoms with van der Waals surface area (Å²) in [5, 5.41) is 12.1. The van der Waals surface area contributed by atoms with Crippen molar-refractivity contribution in [2.75, 3.05) is 18.4 Å². The van der Waals surface area contributed by atoms with Gasteiger partial charge >= 0.3 is 5.97 Å². The van der Waals surface area contributed by atoms with Crippen molar-refractivity contribution in [3.63, 3.8) is 0 Å². The molecule has 0 aliphatic carbocycles. The van der Waals surface area contributed by atoms with Crippen LogP contribution < -0.4 is 5.32 Å². The number of aromatic carboxylic acids is 1. The number of hydrogen-bond acceptors (Lipinski definition) is 4. The zero-order valence-corrected chi connectivity index (χ0v) is 13.0. The van der Waals surface area contributed by atoms with Crippen LogP contribution in [-0.4, -0.2) is 46.0 Å². The second-order valence-electron chi connectivity index (χ2n) is 4.77. The average Bonchev–Trinajstić information content (AvgIpc) is 2.47. The minimum Gasteiger partial charge on any atom is -0.478 e. The maximum atomic E-state index is 12.2. The van der Waals surface area contributed by atoms with Gasteiger partial charge in [0.2, 0.25) is 5.91 Å². The largest absolute Gasteiger partial charge is 0.478 e. The third-order valence-electron chi connectivity index (χ3n) is 3.30. The summed E-state index contributed by atoms with van der Waals surface area (Å²) in [7, 11) is 0. The zero-order valence-electron chi connectivity index (χ0n) is 13.0. The van der Waals surface area contributed by atoms with E-state index in [1.807, 2.05) is 20.8 Å². The van der Waals surface area contributed by atoms with Gasteiger partial charge in [0.1, 0.15) is 11.9 Å². The summed E-state index contributed by atoms with van der Waals surface area (Å²) in [5.41, 5.74) is 0.853. The van der Waals surface area contributed by atoms with Crippen LogP contribution >= 0.6 is 0 Å². The van der Waals surface area contributed by atoms with Gasteiger partial charge in [0.05, 0.1) is 5.56 Å². The molecule has 0 aliphatic heterocycles. The molecule has 1 aromatic heterocycles. The molecular weight excluding hydrogens is 270 g/mol. The van der Waals surface area contributed by atoms with Crippen LogP contribution in [0.3, 0.4) is 0 Å². The highest BCUT2D eigenvalue weighted by Crippen LogP contribution is 2.13. The molecule has 1 amide bonds. The Morgan fingerprint density at radius 1 is 1.29 bits per heavy atom. The molecule has 116 valence electrons. The summed E-state index contributed by atoms with van der Waals surface area (Å²) < 4.78 is 0. The molecule has 6 nitrogen and oxygen atoms in total. The lowest BCUT2D eigenvalue weighted by atomic mass is 10.2. The Kier molecular flexibility index (Phi) is 6.14. The third-order valence-corrected chi connectivity index (χ3v) is 3.30. The normalized spacial score (nSPS) is 11.8. The van der Waals surface area contributed by atoms with E-state index in [0.717, 1.165) is 0 Å². The van der Waals surface area contributed by atoms with Crippen LogP contribution in [0.2, 0.25) is 0 Å². The molecule has 1 aromatic rings. The quantitative estimate of drug-likeness (QED) is 0.803. The first-order valence-electron chi connectivity index (χ1n) is 7.22. The predicted octanol–water partition coefficient (Wildman–Crippen LogP) is 2.01. The van der Waals surface area contributed by atoms with Crippen LogP contribution in [0.5, 0.6) is 0 Å². The lowest BCUT2D eigenvalue weighted by Gasteiger charge is -2.24. The van der Waals surface area contributed by atoms with Crippen LogP contribution in [0.15, 0.2) is 12.1 Å². The summed E-state index contributed by atoms with van der Waals surface area (Å²) in [6.07, 6.45) is 0.633. The highest BCUT2D eigenvalue weighted by Gasteiger charge is 2.19. The van der Waals surface area contributed by atoms with Gasteiger partial charge in [0.25, 0.3) is 0 Å². The fourth-order valence-electron chi connectivity index (χ4n) is 2.06. The van der Waals surface area contributed by atoms with Crippen LogP contribution in [0.25, 0.3) is 0 Å². The molecule has 0 aromatic carbocycles. The fourth-order valence-corrected chi connectivity index (χ4v) is 2.06. The van der Waals surface area contributed by atoms with Gasteiger partial charge in [-0.3, -0.25) is 4.79 Å². The van der Waals surface area contributed by atoms with Crippen molar-refractivity contribution in [2.45, 2.75) is 40.2 Å². The first-order valence-corrected chi connectivity index (χ1v) is 7.22. The number of anilines is 1. The van der Waals surface area contributed by atoms with E-state index in [2.05, 4.69) is 10.3 Å². The minimum absolute atomic E-state index is 0.0272. The van der Waals surface area contributed by atoms with E-state index in [1.54, 1.807) is 17.9 Å². The standard InChI is InChI=1S/C15H23N3O3/c1-5-12-8-11(15(20)21)9-13(17-12)16-10(4)14(19)18(6-2)7-3/h8-10H,5-7H2,1-4H3,(H,16,17)(H,20,21). The highest BCUT2D eigenvalue weighted by atomic mass is 16.4. The Morgan fingerprint density at radius 2 is 1.90 bits per heavy atom. The molecule has 0 saturated heterocycles. The highest BCUT2D eigenvalue weighted by molar-refractivity contribution is 5.89. The van der Waals surface area contributed by atoms with Gasteiger partial charge in [-0.05, 0) is 39.3 Å². The first kappa shape index (κ1) is 16.9. The number of carboxylic acids is 1. The van der Waals surface area contributed by atoms with Gasteiger partial charge in [-0.25, -0.2) is 9.78 Å². The van der Waals surface area contributed by atoms with E-state index < -0.39 is 12.0 Å². The van der Waals surface area contributed by atoms with E-state index in [0.29, 0.717) is 31.0 Å². The van der Waals surface area contributed by atoms with E-state index in [9.17, 15) is 9.59 Å². The third kappa shape index (κ3) is 4.44. The minimum atomic E-state index is -1.00. The number of aryl methyl sites for hydroxylation is 1. The van der Waals surface area contributed by atoms with Crippen molar-refractivity contribution in [1.29, 1.82) is 0 Å². The number of rotatable bonds is 7. The number of hydrogen-bond donors (Lipinski definition) is 2. The SMILES string of the molecule is CCc1cc(C(=O)O)cc(NC(C)C(=O)N(CC)CC)n1. The van der Waals surface area contributed by atoms with Crippen molar-refractivity contribution in [2.24, 2.45) is 0 Å². The maximum absolute atomic E-state index is 12.2. The Hall–Kier alpha value is -2.11. The van der Waals surface area contributed by atoms with Crippen molar-refractivity contribution < 1.29 is 14.7 Å². The molecule has 0 bridgehead atoms. The van der Waals surface area contributed by atoms with Gasteiger partial charge < -0.3 is 15.3 Å². The van der Waals surface area contributed by atoms with E-state index >= 15 is 0 Å². The molecule has 1 unspecified atom stereocenters. The van der Waals surface area contributed by atoms with E-state index in [1.165, 1.54) is 6.07 Å². The number of pyridine rings is 1. The molecule has 0 fully saturated rings. The summed E-state index contributed by atoms with van der Waals surface area (Å²) in [6, 6.07) is 2.55. The van der Waals surface area contributed by atoms with Gasteiger partial charge in [0, 0.05) is 18.8 Å². The zero-order chi connectivity index (χ0) is 16.0. The van der Waals surface area contributed by atoms with Gasteiger partial charge in [0.15, 0.2) is 0 Å². The number of nitrogens with zero attached hydrogens (tertiary/aromatic N) is 2. The lowest BCUT2D eigenvalue weighted by molar-refractivity contribution is -0.131. The molecule has 0 aliphatic rings. The number of carbonyl (C=O) groups is 2. The molecule has 0 spiro atoms. The molecule has 2 N–H and O–H groups in total. The predicted molar refractivity (Wildman–Crippen MR) is 81.6 cm³/mol. The Labute approximate surface area is 125 Å². The average molecular weight is 293 g/mol. The molecular formula is C15H23N3O3. The molecule has 6 heteroatoms. The lowest BCUT2D eigenvalue weighted by Crippen LogP contribution is -2.41. The van der Waals surface area contributed by atoms with Crippen molar-refractivity contribution in [3.8, 4) is 0 Å². The number of nitrogens with one attached hydrogen (secondary N) is 1. The number of carboxylic acid groups (broad SMARTS) is 1. The molecule has 0 radical (unpaired) electrons. The Morgan fingerprint density at radius 3 is 2.38 bits per heavy atom. The van der Waals surface area contributed by atoms with Crippen LogP contribution in [0.4, 0.5) is 5.82 Å². The van der Waals surface area contributed by atoms with Crippen molar-refractivity contribution in [3.05, 3.63) is 23.4 Å². The van der Waals surface area contributed by atoms with E-state index in [-0.39, 0.29) is 11.5 Å². The van der Waals surface area contributed by atoms with Gasteiger partial charge in [-0.15, -0.1) is 0 Å². The smallest absolute Gasteiger partial charge is 0.335 e. The van der Waals surface area contributed by atoms with E-state index in [4.69, 9.17) is 5.11 Å². The molecule has 21 heavy (non-hydrogen) atoms. The molecule has 1 rings (SSSR count). The summed E-state index contributed by atoms with van der Waals surface area (Å²) in [6.45, 7) is 8.79. The van der Waals surface area contributed by atoms with Crippen LogP contribution in [-0.2, 0) is 11.2 Å². The number of carbonyl (C=O) groups excluding carboxylic acids is 1. The summed E-state index contributed by atoms with van der Waals surface area (Å²) >= 11 is 0. The van der Waals surface area contributed by atoms with Crippen LogP contribution in [0, 0.1) is 0 Å². The number of aromatic nitrogens is 1. The maximum Gasteiger partial charge on any atom is 0.335 e. The van der Waals surface area contributed by atoms with Crippen molar-refractivity contribution >= 4 is 17.7 Å². The van der Waals surface area contributed by atoms with Gasteiger partial charge in [-0.2, -0.15) is 0 Å². The monoisotopic (exact) mass is 293 g/mol. The molecule has 0 saturated carbocycles. The number of likely N-dealkylation sites (N-methyl/N-ethyl adjacent to an activating group) is 1. The van der Waals surface area contributed by atoms with Crippen molar-refractivity contribution in [1.82, 2.24) is 9.88 Å². The second kappa shape index (κ2) is 7.61. The summed E-state index contributed by atoms with van der Waals surface area (Å²) in [4.78, 5) is 29.4. The summed E-state index contributed by atoms with van der Waals surface area (Å²) in [5.74, 6) is -0.613. The fraction of sp³-hybridized carbons (Fsp3) is 0.533.